The van der Waals surface area contributed by atoms with Crippen LogP contribution in [0, 0.1) is 11.8 Å². The number of anilines is 2. The molecule has 31 heavy (non-hydrogen) atoms. The van der Waals surface area contributed by atoms with E-state index in [0.717, 1.165) is 36.8 Å². The summed E-state index contributed by atoms with van der Waals surface area (Å²) in [5.41, 5.74) is 14.5. The number of nitrogen functional groups attached to an aromatic ring is 2. The van der Waals surface area contributed by atoms with E-state index in [9.17, 15) is 9.59 Å². The summed E-state index contributed by atoms with van der Waals surface area (Å²) < 4.78 is 10.7. The van der Waals surface area contributed by atoms with Crippen LogP contribution < -0.4 is 16.2 Å². The van der Waals surface area contributed by atoms with Crippen LogP contribution in [-0.4, -0.2) is 18.5 Å². The maximum atomic E-state index is 12.3. The second-order valence-electron chi connectivity index (χ2n) is 8.16. The van der Waals surface area contributed by atoms with Crippen LogP contribution in [-0.2, 0) is 20.7 Å². The summed E-state index contributed by atoms with van der Waals surface area (Å²) in [4.78, 5) is 24.2. The highest BCUT2D eigenvalue weighted by Gasteiger charge is 2.25. The Balaban J connectivity index is 1.43. The van der Waals surface area contributed by atoms with Crippen LogP contribution in [0.15, 0.2) is 48.5 Å². The monoisotopic (exact) mass is 422 g/mol. The number of carbonyl (C=O) groups is 2. The lowest BCUT2D eigenvalue weighted by Crippen LogP contribution is -2.24. The van der Waals surface area contributed by atoms with Gasteiger partial charge in [0.05, 0.1) is 12.5 Å². The fourth-order valence-corrected chi connectivity index (χ4v) is 3.66. The Hall–Kier alpha value is -3.28. The first kappa shape index (κ1) is 22.4. The predicted molar refractivity (Wildman–Crippen MR) is 122 cm³/mol. The molecule has 0 bridgehead atoms. The van der Waals surface area contributed by atoms with Gasteiger partial charge in [0.25, 0.3) is 0 Å². The number of carbonyl (C=O) groups excluding carboxylic acids is 2. The molecule has 1 fully saturated rings. The second kappa shape index (κ2) is 10.7. The topological polar surface area (TPSA) is 105 Å². The average Bonchev–Trinajstić information content (AvgIpc) is 2.76. The van der Waals surface area contributed by atoms with E-state index in [2.05, 4.69) is 6.92 Å². The van der Waals surface area contributed by atoms with Crippen molar-refractivity contribution >= 4 is 29.4 Å². The molecule has 0 amide bonds. The fraction of sp³-hybridized carbons (Fsp3) is 0.360. The zero-order valence-electron chi connectivity index (χ0n) is 17.9. The van der Waals surface area contributed by atoms with Gasteiger partial charge in [0.15, 0.2) is 0 Å². The van der Waals surface area contributed by atoms with Gasteiger partial charge in [-0.25, -0.2) is 4.79 Å². The van der Waals surface area contributed by atoms with Crippen LogP contribution in [0.4, 0.5) is 11.4 Å². The smallest absolute Gasteiger partial charge is 0.330 e. The van der Waals surface area contributed by atoms with Crippen LogP contribution in [0.1, 0.15) is 43.7 Å². The van der Waals surface area contributed by atoms with Crippen molar-refractivity contribution in [2.45, 2.75) is 39.0 Å². The SMILES string of the molecule is CC1CCC(C(=O)Oc2ccc(C=CC(=O)OCCc3cc(N)ccc3N)cc2)CC1. The van der Waals surface area contributed by atoms with Gasteiger partial charge in [-0.05, 0) is 79.1 Å². The van der Waals surface area contributed by atoms with E-state index in [1.54, 1.807) is 48.5 Å². The van der Waals surface area contributed by atoms with Gasteiger partial charge in [0.1, 0.15) is 5.75 Å². The molecule has 0 aliphatic heterocycles. The Morgan fingerprint density at radius 2 is 1.74 bits per heavy atom. The molecule has 0 heterocycles. The molecule has 4 N–H and O–H groups in total. The second-order valence-corrected chi connectivity index (χ2v) is 8.16. The maximum Gasteiger partial charge on any atom is 0.330 e. The number of benzene rings is 2. The van der Waals surface area contributed by atoms with Gasteiger partial charge in [-0.3, -0.25) is 4.79 Å². The molecule has 3 rings (SSSR count). The van der Waals surface area contributed by atoms with Crippen molar-refractivity contribution in [1.29, 1.82) is 0 Å². The van der Waals surface area contributed by atoms with E-state index in [4.69, 9.17) is 20.9 Å². The molecule has 0 atom stereocenters. The van der Waals surface area contributed by atoms with Crippen molar-refractivity contribution in [3.05, 3.63) is 59.7 Å². The van der Waals surface area contributed by atoms with E-state index < -0.39 is 5.97 Å². The Morgan fingerprint density at radius 3 is 2.45 bits per heavy atom. The first-order valence-electron chi connectivity index (χ1n) is 10.7. The number of ether oxygens (including phenoxy) is 2. The van der Waals surface area contributed by atoms with Crippen molar-refractivity contribution in [3.8, 4) is 5.75 Å². The van der Waals surface area contributed by atoms with Crippen molar-refractivity contribution in [2.75, 3.05) is 18.1 Å². The third-order valence-electron chi connectivity index (χ3n) is 5.64. The van der Waals surface area contributed by atoms with E-state index in [-0.39, 0.29) is 18.5 Å². The van der Waals surface area contributed by atoms with Gasteiger partial charge < -0.3 is 20.9 Å². The molecule has 0 unspecified atom stereocenters. The fourth-order valence-electron chi connectivity index (χ4n) is 3.66. The van der Waals surface area contributed by atoms with Gasteiger partial charge in [0.2, 0.25) is 0 Å². The molecule has 6 nitrogen and oxygen atoms in total. The summed E-state index contributed by atoms with van der Waals surface area (Å²) in [7, 11) is 0. The van der Waals surface area contributed by atoms with Crippen LogP contribution in [0.2, 0.25) is 0 Å². The molecular formula is C25H30N2O4. The first-order chi connectivity index (χ1) is 14.9. The summed E-state index contributed by atoms with van der Waals surface area (Å²) in [6.45, 7) is 2.44. The Morgan fingerprint density at radius 1 is 1.03 bits per heavy atom. The lowest BCUT2D eigenvalue weighted by atomic mass is 9.83. The van der Waals surface area contributed by atoms with Crippen molar-refractivity contribution in [1.82, 2.24) is 0 Å². The van der Waals surface area contributed by atoms with E-state index in [1.165, 1.54) is 6.08 Å². The summed E-state index contributed by atoms with van der Waals surface area (Å²) in [5, 5.41) is 0. The molecule has 1 aliphatic carbocycles. The van der Waals surface area contributed by atoms with E-state index in [1.807, 2.05) is 0 Å². The number of esters is 2. The minimum atomic E-state index is -0.440. The van der Waals surface area contributed by atoms with Crippen molar-refractivity contribution < 1.29 is 19.1 Å². The van der Waals surface area contributed by atoms with Crippen LogP contribution in [0.25, 0.3) is 6.08 Å². The Bertz CT molecular complexity index is 929. The van der Waals surface area contributed by atoms with E-state index in [0.29, 0.717) is 29.5 Å². The maximum absolute atomic E-state index is 12.3. The molecule has 0 radical (unpaired) electrons. The zero-order valence-corrected chi connectivity index (χ0v) is 17.9. The highest BCUT2D eigenvalue weighted by atomic mass is 16.5. The molecular weight excluding hydrogens is 392 g/mol. The normalized spacial score (nSPS) is 18.6. The minimum absolute atomic E-state index is 0.00628. The molecule has 1 saturated carbocycles. The summed E-state index contributed by atoms with van der Waals surface area (Å²) in [6, 6.07) is 12.3. The van der Waals surface area contributed by atoms with Gasteiger partial charge in [-0.15, -0.1) is 0 Å². The molecule has 2 aromatic rings. The molecule has 0 spiro atoms. The molecule has 0 aromatic heterocycles. The number of nitrogens with two attached hydrogens (primary N) is 2. The Labute approximate surface area is 183 Å². The van der Waals surface area contributed by atoms with Crippen molar-refractivity contribution in [3.63, 3.8) is 0 Å². The number of hydrogen-bond donors (Lipinski definition) is 2. The Kier molecular flexibility index (Phi) is 7.70. The highest BCUT2D eigenvalue weighted by molar-refractivity contribution is 5.87. The largest absolute Gasteiger partial charge is 0.462 e. The average molecular weight is 423 g/mol. The molecule has 1 aliphatic rings. The third-order valence-corrected chi connectivity index (χ3v) is 5.64. The first-order valence-corrected chi connectivity index (χ1v) is 10.7. The standard InChI is InChI=1S/C25H30N2O4/c1-17-2-7-19(8-3-17)25(29)31-22-10-4-18(5-11-22)6-13-24(28)30-15-14-20-16-21(26)9-12-23(20)27/h4-6,9-13,16-17,19H,2-3,7-8,14-15,26-27H2,1H3. The molecule has 0 saturated heterocycles. The van der Waals surface area contributed by atoms with Gasteiger partial charge in [-0.2, -0.15) is 0 Å². The van der Waals surface area contributed by atoms with Crippen molar-refractivity contribution in [2.24, 2.45) is 11.8 Å². The van der Waals surface area contributed by atoms with E-state index >= 15 is 0 Å². The lowest BCUT2D eigenvalue weighted by Gasteiger charge is -2.24. The highest BCUT2D eigenvalue weighted by Crippen LogP contribution is 2.29. The minimum Gasteiger partial charge on any atom is -0.462 e. The quantitative estimate of drug-likeness (QED) is 0.297. The zero-order chi connectivity index (χ0) is 22.2. The molecule has 164 valence electrons. The van der Waals surface area contributed by atoms with Gasteiger partial charge in [0, 0.05) is 23.9 Å². The third kappa shape index (κ3) is 6.88. The summed E-state index contributed by atoms with van der Waals surface area (Å²) >= 11 is 0. The van der Waals surface area contributed by atoms with Crippen LogP contribution >= 0.6 is 0 Å². The number of hydrogen-bond acceptors (Lipinski definition) is 6. The van der Waals surface area contributed by atoms with Crippen LogP contribution in [0.5, 0.6) is 5.75 Å². The van der Waals surface area contributed by atoms with Crippen LogP contribution in [0.3, 0.4) is 0 Å². The summed E-state index contributed by atoms with van der Waals surface area (Å²) in [6.07, 6.45) is 7.47. The lowest BCUT2D eigenvalue weighted by molar-refractivity contribution is -0.140. The molecule has 2 aromatic carbocycles. The summed E-state index contributed by atoms with van der Waals surface area (Å²) in [5.74, 6) is 0.609. The number of rotatable bonds is 7. The molecule has 6 heteroatoms. The predicted octanol–water partition coefficient (Wildman–Crippen LogP) is 4.38. The van der Waals surface area contributed by atoms with Gasteiger partial charge in [-0.1, -0.05) is 19.1 Å². The van der Waals surface area contributed by atoms with Gasteiger partial charge >= 0.3 is 11.9 Å².